The summed E-state index contributed by atoms with van der Waals surface area (Å²) in [5, 5.41) is 3.18. The Kier molecular flexibility index (Phi) is 9.52. The molecular formula is C30H42F2N8O2. The SMILES string of the molecule is CC(C)CN(c1cc(-n2c(C(F)F)nc3ccccc32)nc(N2CCOCC2)n1)C1CCC(NC(=O)CN(C)C)CC1. The number of halogens is 2. The molecule has 0 bridgehead atoms. The lowest BCUT2D eigenvalue weighted by atomic mass is 9.89. The lowest BCUT2D eigenvalue weighted by Gasteiger charge is -2.39. The fraction of sp³-hybridized carbons (Fsp3) is 0.600. The molecule has 5 rings (SSSR count). The van der Waals surface area contributed by atoms with Gasteiger partial charge in [0.05, 0.1) is 30.8 Å². The summed E-state index contributed by atoms with van der Waals surface area (Å²) in [5.74, 6) is 1.65. The Bertz CT molecular complexity index is 1350. The van der Waals surface area contributed by atoms with Crippen molar-refractivity contribution in [3.05, 3.63) is 36.2 Å². The van der Waals surface area contributed by atoms with Crippen molar-refractivity contribution in [1.29, 1.82) is 0 Å². The molecule has 2 fully saturated rings. The summed E-state index contributed by atoms with van der Waals surface area (Å²) in [5.41, 5.74) is 1.07. The Balaban J connectivity index is 1.51. The Morgan fingerprint density at radius 1 is 1.07 bits per heavy atom. The van der Waals surface area contributed by atoms with E-state index in [1.54, 1.807) is 18.2 Å². The molecule has 0 unspecified atom stereocenters. The van der Waals surface area contributed by atoms with Gasteiger partial charge in [-0.15, -0.1) is 0 Å². The highest BCUT2D eigenvalue weighted by molar-refractivity contribution is 5.79. The molecule has 0 spiro atoms. The van der Waals surface area contributed by atoms with E-state index in [9.17, 15) is 13.6 Å². The van der Waals surface area contributed by atoms with E-state index in [1.807, 2.05) is 31.1 Å². The first-order valence-electron chi connectivity index (χ1n) is 14.9. The first-order valence-corrected chi connectivity index (χ1v) is 14.9. The molecular weight excluding hydrogens is 542 g/mol. The van der Waals surface area contributed by atoms with E-state index < -0.39 is 6.43 Å². The average Bonchev–Trinajstić information content (AvgIpc) is 3.36. The minimum absolute atomic E-state index is 0.0421. The third-order valence-electron chi connectivity index (χ3n) is 7.81. The van der Waals surface area contributed by atoms with Gasteiger partial charge in [-0.2, -0.15) is 9.97 Å². The lowest BCUT2D eigenvalue weighted by Crippen LogP contribution is -2.47. The second-order valence-electron chi connectivity index (χ2n) is 11.9. The van der Waals surface area contributed by atoms with E-state index in [0.717, 1.165) is 32.2 Å². The first kappa shape index (κ1) is 30.1. The molecule has 228 valence electrons. The van der Waals surface area contributed by atoms with Gasteiger partial charge in [-0.05, 0) is 57.8 Å². The van der Waals surface area contributed by atoms with Crippen molar-refractivity contribution >= 4 is 28.7 Å². The number of aromatic nitrogens is 4. The van der Waals surface area contributed by atoms with Gasteiger partial charge in [0.1, 0.15) is 11.6 Å². The summed E-state index contributed by atoms with van der Waals surface area (Å²) in [7, 11) is 3.77. The van der Waals surface area contributed by atoms with Gasteiger partial charge in [0.2, 0.25) is 11.9 Å². The molecule has 1 saturated heterocycles. The van der Waals surface area contributed by atoms with Crippen LogP contribution in [0.1, 0.15) is 51.8 Å². The molecule has 2 aliphatic rings. The minimum atomic E-state index is -2.77. The Hall–Kier alpha value is -3.38. The number of morpholine rings is 1. The van der Waals surface area contributed by atoms with Crippen molar-refractivity contribution in [1.82, 2.24) is 29.7 Å². The second kappa shape index (κ2) is 13.3. The third kappa shape index (κ3) is 6.97. The van der Waals surface area contributed by atoms with Gasteiger partial charge in [-0.25, -0.2) is 13.8 Å². The van der Waals surface area contributed by atoms with Crippen LogP contribution in [0.5, 0.6) is 0 Å². The topological polar surface area (TPSA) is 91.6 Å². The van der Waals surface area contributed by atoms with Crippen LogP contribution >= 0.6 is 0 Å². The van der Waals surface area contributed by atoms with E-state index in [2.05, 4.69) is 33.9 Å². The number of rotatable bonds is 10. The van der Waals surface area contributed by atoms with Crippen LogP contribution < -0.4 is 15.1 Å². The van der Waals surface area contributed by atoms with E-state index >= 15 is 0 Å². The van der Waals surface area contributed by atoms with Crippen LogP contribution in [0.25, 0.3) is 16.9 Å². The molecule has 2 aromatic heterocycles. The van der Waals surface area contributed by atoms with Gasteiger partial charge in [-0.1, -0.05) is 26.0 Å². The summed E-state index contributed by atoms with van der Waals surface area (Å²) < 4.78 is 35.7. The fourth-order valence-corrected chi connectivity index (χ4v) is 5.92. The number of carbonyl (C=O) groups excluding carboxylic acids is 1. The quantitative estimate of drug-likeness (QED) is 0.382. The largest absolute Gasteiger partial charge is 0.378 e. The molecule has 12 heteroatoms. The molecule has 0 atom stereocenters. The number of hydrogen-bond donors (Lipinski definition) is 1. The number of fused-ring (bicyclic) bond motifs is 1. The molecule has 3 aromatic rings. The number of amides is 1. The van der Waals surface area contributed by atoms with Crippen molar-refractivity contribution in [2.75, 3.05) is 63.3 Å². The zero-order chi connectivity index (χ0) is 29.8. The van der Waals surface area contributed by atoms with Crippen LogP contribution in [0.2, 0.25) is 0 Å². The molecule has 0 radical (unpaired) electrons. The smallest absolute Gasteiger partial charge is 0.296 e. The van der Waals surface area contributed by atoms with Crippen molar-refractivity contribution in [2.45, 2.75) is 58.0 Å². The van der Waals surface area contributed by atoms with E-state index in [-0.39, 0.29) is 23.8 Å². The van der Waals surface area contributed by atoms with Crippen LogP contribution in [0, 0.1) is 5.92 Å². The van der Waals surface area contributed by atoms with Crippen molar-refractivity contribution in [2.24, 2.45) is 5.92 Å². The standard InChI is InChI=1S/C30H42F2N8O2/c1-20(2)18-39(22-11-9-21(10-12-22)33-27(41)19-37(3)4)25-17-26(36-30(35-25)38-13-15-42-16-14-38)40-24-8-6-5-7-23(24)34-29(40)28(31)32/h5-8,17,20-22,28H,9-16,18-19H2,1-4H3,(H,33,41). The number of nitrogens with zero attached hydrogens (tertiary/aromatic N) is 7. The van der Waals surface area contributed by atoms with Gasteiger partial charge in [0, 0.05) is 37.8 Å². The molecule has 1 aromatic carbocycles. The third-order valence-corrected chi connectivity index (χ3v) is 7.81. The van der Waals surface area contributed by atoms with Crippen LogP contribution in [-0.4, -0.2) is 95.9 Å². The number of benzene rings is 1. The van der Waals surface area contributed by atoms with Crippen LogP contribution in [-0.2, 0) is 9.53 Å². The summed E-state index contributed by atoms with van der Waals surface area (Å²) in [6.07, 6.45) is 0.750. The number of nitrogens with one attached hydrogen (secondary N) is 1. The van der Waals surface area contributed by atoms with Crippen LogP contribution in [0.4, 0.5) is 20.5 Å². The number of carbonyl (C=O) groups is 1. The van der Waals surface area contributed by atoms with E-state index in [4.69, 9.17) is 14.7 Å². The lowest BCUT2D eigenvalue weighted by molar-refractivity contribution is -0.122. The number of ether oxygens (including phenoxy) is 1. The Morgan fingerprint density at radius 3 is 2.45 bits per heavy atom. The number of likely N-dealkylation sites (N-methyl/N-ethyl adjacent to an activating group) is 1. The molecule has 42 heavy (non-hydrogen) atoms. The summed E-state index contributed by atoms with van der Waals surface area (Å²) in [4.78, 5) is 32.7. The Morgan fingerprint density at radius 2 is 1.79 bits per heavy atom. The van der Waals surface area contributed by atoms with E-state index in [0.29, 0.717) is 67.4 Å². The highest BCUT2D eigenvalue weighted by atomic mass is 19.3. The van der Waals surface area contributed by atoms with Gasteiger partial charge in [0.25, 0.3) is 6.43 Å². The fourth-order valence-electron chi connectivity index (χ4n) is 5.92. The number of hydrogen-bond acceptors (Lipinski definition) is 8. The maximum atomic E-state index is 14.3. The Labute approximate surface area is 246 Å². The number of para-hydroxylation sites is 2. The molecule has 1 amide bonds. The number of imidazole rings is 1. The monoisotopic (exact) mass is 584 g/mol. The molecule has 1 aliphatic carbocycles. The second-order valence-corrected chi connectivity index (χ2v) is 11.9. The predicted molar refractivity (Wildman–Crippen MR) is 160 cm³/mol. The van der Waals surface area contributed by atoms with Crippen molar-refractivity contribution in [3.63, 3.8) is 0 Å². The van der Waals surface area contributed by atoms with Crippen molar-refractivity contribution in [3.8, 4) is 5.82 Å². The molecule has 3 heterocycles. The maximum Gasteiger partial charge on any atom is 0.296 e. The molecule has 1 saturated carbocycles. The highest BCUT2D eigenvalue weighted by Gasteiger charge is 2.30. The molecule has 1 N–H and O–H groups in total. The predicted octanol–water partition coefficient (Wildman–Crippen LogP) is 4.04. The minimum Gasteiger partial charge on any atom is -0.378 e. The summed E-state index contributed by atoms with van der Waals surface area (Å²) in [6.45, 7) is 7.82. The van der Waals surface area contributed by atoms with Gasteiger partial charge in [0.15, 0.2) is 5.82 Å². The summed E-state index contributed by atoms with van der Waals surface area (Å²) >= 11 is 0. The van der Waals surface area contributed by atoms with Crippen LogP contribution in [0.15, 0.2) is 30.3 Å². The maximum absolute atomic E-state index is 14.3. The van der Waals surface area contributed by atoms with Gasteiger partial charge >= 0.3 is 0 Å². The summed E-state index contributed by atoms with van der Waals surface area (Å²) in [6, 6.07) is 9.32. The molecule has 10 nitrogen and oxygen atoms in total. The number of anilines is 2. The zero-order valence-corrected chi connectivity index (χ0v) is 25.0. The van der Waals surface area contributed by atoms with Crippen molar-refractivity contribution < 1.29 is 18.3 Å². The first-order chi connectivity index (χ1) is 20.2. The zero-order valence-electron chi connectivity index (χ0n) is 25.0. The van der Waals surface area contributed by atoms with Gasteiger partial charge < -0.3 is 24.8 Å². The van der Waals surface area contributed by atoms with E-state index in [1.165, 1.54) is 4.57 Å². The normalized spacial score (nSPS) is 19.7. The van der Waals surface area contributed by atoms with Gasteiger partial charge in [-0.3, -0.25) is 9.36 Å². The highest BCUT2D eigenvalue weighted by Crippen LogP contribution is 2.33. The average molecular weight is 585 g/mol. The van der Waals surface area contributed by atoms with Crippen LogP contribution in [0.3, 0.4) is 0 Å². The molecule has 1 aliphatic heterocycles. The number of alkyl halides is 2.